The zero-order valence-corrected chi connectivity index (χ0v) is 13.3. The summed E-state index contributed by atoms with van der Waals surface area (Å²) >= 11 is 3.32. The fourth-order valence-corrected chi connectivity index (χ4v) is 2.51. The van der Waals surface area contributed by atoms with E-state index >= 15 is 0 Å². The van der Waals surface area contributed by atoms with Crippen LogP contribution in [-0.2, 0) is 0 Å². The number of carbonyl (C=O) groups excluding carboxylic acids is 1. The molecule has 0 aliphatic rings. The molecule has 0 unspecified atom stereocenters. The van der Waals surface area contributed by atoms with Gasteiger partial charge in [-0.3, -0.25) is 9.59 Å². The Morgan fingerprint density at radius 2 is 1.86 bits per heavy atom. The molecule has 0 saturated carbocycles. The second-order valence-corrected chi connectivity index (χ2v) is 5.69. The number of aromatic amines is 1. The molecule has 3 rings (SSSR count). The predicted molar refractivity (Wildman–Crippen MR) is 88.7 cm³/mol. The molecule has 1 heterocycles. The second-order valence-electron chi connectivity index (χ2n) is 4.78. The molecule has 0 bridgehead atoms. The maximum Gasteiger partial charge on any atom is 0.200 e. The third kappa shape index (κ3) is 2.55. The number of hydrogen-bond acceptors (Lipinski definition) is 3. The molecule has 22 heavy (non-hydrogen) atoms. The summed E-state index contributed by atoms with van der Waals surface area (Å²) in [4.78, 5) is 28.1. The standard InChI is InChI=1S/C17H12BrNO3/c1-22-12-6-7-15-13(8-12)17(21)14(9-19-15)16(20)10-2-4-11(18)5-3-10/h2-9H,1H3,(H,19,21). The van der Waals surface area contributed by atoms with E-state index in [0.717, 1.165) is 4.47 Å². The van der Waals surface area contributed by atoms with Gasteiger partial charge in [0.1, 0.15) is 5.75 Å². The van der Waals surface area contributed by atoms with Crippen LogP contribution in [0.1, 0.15) is 15.9 Å². The lowest BCUT2D eigenvalue weighted by Crippen LogP contribution is -2.16. The molecule has 0 amide bonds. The number of H-pyrrole nitrogens is 1. The molecule has 0 aliphatic carbocycles. The number of aromatic nitrogens is 1. The van der Waals surface area contributed by atoms with Crippen molar-refractivity contribution in [1.82, 2.24) is 4.98 Å². The smallest absolute Gasteiger partial charge is 0.200 e. The van der Waals surface area contributed by atoms with Crippen molar-refractivity contribution in [1.29, 1.82) is 0 Å². The first-order chi connectivity index (χ1) is 10.6. The Bertz CT molecular complexity index is 913. The zero-order chi connectivity index (χ0) is 15.7. The van der Waals surface area contributed by atoms with Crippen LogP contribution in [0.3, 0.4) is 0 Å². The lowest BCUT2D eigenvalue weighted by Gasteiger charge is -2.05. The summed E-state index contributed by atoms with van der Waals surface area (Å²) in [5.41, 5.74) is 0.942. The molecule has 4 nitrogen and oxygen atoms in total. The fraction of sp³-hybridized carbons (Fsp3) is 0.0588. The van der Waals surface area contributed by atoms with Crippen LogP contribution in [0.25, 0.3) is 10.9 Å². The van der Waals surface area contributed by atoms with Crippen molar-refractivity contribution in [2.75, 3.05) is 7.11 Å². The van der Waals surface area contributed by atoms with Crippen LogP contribution in [0.15, 0.2) is 57.9 Å². The van der Waals surface area contributed by atoms with Gasteiger partial charge in [-0.1, -0.05) is 15.9 Å². The summed E-state index contributed by atoms with van der Waals surface area (Å²) in [7, 11) is 1.53. The van der Waals surface area contributed by atoms with Crippen LogP contribution < -0.4 is 10.2 Å². The summed E-state index contributed by atoms with van der Waals surface area (Å²) in [6, 6.07) is 12.0. The summed E-state index contributed by atoms with van der Waals surface area (Å²) in [6.07, 6.45) is 1.46. The number of fused-ring (bicyclic) bond motifs is 1. The highest BCUT2D eigenvalue weighted by Crippen LogP contribution is 2.18. The van der Waals surface area contributed by atoms with E-state index in [4.69, 9.17) is 4.74 Å². The molecule has 2 aromatic carbocycles. The maximum atomic E-state index is 12.6. The van der Waals surface area contributed by atoms with Gasteiger partial charge in [0.15, 0.2) is 5.78 Å². The Balaban J connectivity index is 2.14. The first kappa shape index (κ1) is 14.5. The average Bonchev–Trinajstić information content (AvgIpc) is 2.55. The van der Waals surface area contributed by atoms with Gasteiger partial charge in [0, 0.05) is 27.1 Å². The summed E-state index contributed by atoms with van der Waals surface area (Å²) < 4.78 is 6.01. The number of ether oxygens (including phenoxy) is 1. The largest absolute Gasteiger partial charge is 0.497 e. The van der Waals surface area contributed by atoms with E-state index in [2.05, 4.69) is 20.9 Å². The van der Waals surface area contributed by atoms with E-state index in [9.17, 15) is 9.59 Å². The van der Waals surface area contributed by atoms with Crippen LogP contribution in [-0.4, -0.2) is 17.9 Å². The van der Waals surface area contributed by atoms with Crippen molar-refractivity contribution < 1.29 is 9.53 Å². The van der Waals surface area contributed by atoms with E-state index in [-0.39, 0.29) is 16.8 Å². The SMILES string of the molecule is COc1ccc2[nH]cc(C(=O)c3ccc(Br)cc3)c(=O)c2c1. The van der Waals surface area contributed by atoms with E-state index < -0.39 is 0 Å². The van der Waals surface area contributed by atoms with Gasteiger partial charge in [0.05, 0.1) is 12.7 Å². The summed E-state index contributed by atoms with van der Waals surface area (Å²) in [6.45, 7) is 0. The molecule has 1 N–H and O–H groups in total. The molecule has 0 radical (unpaired) electrons. The Kier molecular flexibility index (Phi) is 3.81. The highest BCUT2D eigenvalue weighted by atomic mass is 79.9. The van der Waals surface area contributed by atoms with Gasteiger partial charge in [0.2, 0.25) is 5.43 Å². The van der Waals surface area contributed by atoms with Crippen molar-refractivity contribution in [3.8, 4) is 5.75 Å². The number of nitrogens with one attached hydrogen (secondary N) is 1. The molecule has 0 fully saturated rings. The molecule has 110 valence electrons. The lowest BCUT2D eigenvalue weighted by molar-refractivity contribution is 0.103. The van der Waals surface area contributed by atoms with Crippen LogP contribution in [0.2, 0.25) is 0 Å². The topological polar surface area (TPSA) is 59.2 Å². The maximum absolute atomic E-state index is 12.6. The first-order valence-electron chi connectivity index (χ1n) is 6.60. The van der Waals surface area contributed by atoms with Crippen molar-refractivity contribution in [3.63, 3.8) is 0 Å². The van der Waals surface area contributed by atoms with Crippen LogP contribution in [0.4, 0.5) is 0 Å². The number of halogens is 1. The van der Waals surface area contributed by atoms with Crippen LogP contribution >= 0.6 is 15.9 Å². The van der Waals surface area contributed by atoms with Gasteiger partial charge < -0.3 is 9.72 Å². The molecular weight excluding hydrogens is 346 g/mol. The first-order valence-corrected chi connectivity index (χ1v) is 7.39. The number of pyridine rings is 1. The van der Waals surface area contributed by atoms with Gasteiger partial charge in [-0.15, -0.1) is 0 Å². The summed E-state index contributed by atoms with van der Waals surface area (Å²) in [5, 5.41) is 0.433. The van der Waals surface area contributed by atoms with E-state index in [1.807, 2.05) is 0 Å². The molecule has 1 aromatic heterocycles. The van der Waals surface area contributed by atoms with E-state index in [0.29, 0.717) is 22.2 Å². The average molecular weight is 358 g/mol. The second kappa shape index (κ2) is 5.77. The molecule has 5 heteroatoms. The van der Waals surface area contributed by atoms with Crippen molar-refractivity contribution in [2.24, 2.45) is 0 Å². The highest BCUT2D eigenvalue weighted by Gasteiger charge is 2.15. The number of carbonyl (C=O) groups is 1. The quantitative estimate of drug-likeness (QED) is 0.729. The normalized spacial score (nSPS) is 10.6. The zero-order valence-electron chi connectivity index (χ0n) is 11.7. The van der Waals surface area contributed by atoms with Gasteiger partial charge in [-0.25, -0.2) is 0 Å². The molecule has 3 aromatic rings. The van der Waals surface area contributed by atoms with Gasteiger partial charge in [0.25, 0.3) is 0 Å². The molecular formula is C17H12BrNO3. The molecule has 0 saturated heterocycles. The van der Waals surface area contributed by atoms with Gasteiger partial charge in [-0.05, 0) is 42.5 Å². The van der Waals surface area contributed by atoms with Crippen LogP contribution in [0, 0.1) is 0 Å². The third-order valence-corrected chi connectivity index (χ3v) is 3.97. The Morgan fingerprint density at radius 3 is 2.55 bits per heavy atom. The van der Waals surface area contributed by atoms with Crippen molar-refractivity contribution in [2.45, 2.75) is 0 Å². The third-order valence-electron chi connectivity index (χ3n) is 3.44. The summed E-state index contributed by atoms with van der Waals surface area (Å²) in [5.74, 6) is 0.268. The predicted octanol–water partition coefficient (Wildman–Crippen LogP) is 3.53. The van der Waals surface area contributed by atoms with E-state index in [1.54, 1.807) is 42.5 Å². The highest BCUT2D eigenvalue weighted by molar-refractivity contribution is 9.10. The van der Waals surface area contributed by atoms with Gasteiger partial charge in [-0.2, -0.15) is 0 Å². The monoisotopic (exact) mass is 357 g/mol. The lowest BCUT2D eigenvalue weighted by atomic mass is 10.0. The Hall–Kier alpha value is -2.40. The molecule has 0 spiro atoms. The molecule has 0 aliphatic heterocycles. The number of methoxy groups -OCH3 is 1. The minimum absolute atomic E-state index is 0.114. The number of rotatable bonds is 3. The number of ketones is 1. The number of hydrogen-bond donors (Lipinski definition) is 1. The minimum atomic E-state index is -0.307. The minimum Gasteiger partial charge on any atom is -0.497 e. The molecule has 0 atom stereocenters. The van der Waals surface area contributed by atoms with Gasteiger partial charge >= 0.3 is 0 Å². The van der Waals surface area contributed by atoms with E-state index in [1.165, 1.54) is 13.3 Å². The fourth-order valence-electron chi connectivity index (χ4n) is 2.25. The van der Waals surface area contributed by atoms with Crippen molar-refractivity contribution >= 4 is 32.6 Å². The Labute approximate surface area is 134 Å². The van der Waals surface area contributed by atoms with Crippen molar-refractivity contribution in [3.05, 3.63) is 74.5 Å². The Morgan fingerprint density at radius 1 is 1.14 bits per heavy atom. The van der Waals surface area contributed by atoms with Crippen LogP contribution in [0.5, 0.6) is 5.75 Å². The number of benzene rings is 2.